The molecule has 58 heavy (non-hydrogen) atoms. The van der Waals surface area contributed by atoms with Crippen molar-refractivity contribution in [2.75, 3.05) is 9.80 Å². The van der Waals surface area contributed by atoms with Crippen LogP contribution < -0.4 is 9.80 Å². The van der Waals surface area contributed by atoms with Gasteiger partial charge in [-0.3, -0.25) is 0 Å². The lowest BCUT2D eigenvalue weighted by Gasteiger charge is -2.26. The first-order valence-electron chi connectivity index (χ1n) is 19.6. The van der Waals surface area contributed by atoms with Gasteiger partial charge in [-0.1, -0.05) is 115 Å². The molecule has 0 saturated heterocycles. The summed E-state index contributed by atoms with van der Waals surface area (Å²) in [7, 11) is 0. The minimum Gasteiger partial charge on any atom is -0.310 e. The molecule has 0 aliphatic heterocycles. The number of para-hydroxylation sites is 2. The highest BCUT2D eigenvalue weighted by molar-refractivity contribution is 7.26. The summed E-state index contributed by atoms with van der Waals surface area (Å²) in [6.07, 6.45) is 0. The van der Waals surface area contributed by atoms with Gasteiger partial charge in [0.15, 0.2) is 0 Å². The Labute approximate surface area is 345 Å². The van der Waals surface area contributed by atoms with Crippen molar-refractivity contribution in [2.24, 2.45) is 0 Å². The predicted octanol–water partition coefficient (Wildman–Crippen LogP) is 16.7. The lowest BCUT2D eigenvalue weighted by atomic mass is 9.98. The van der Waals surface area contributed by atoms with Crippen molar-refractivity contribution in [1.82, 2.24) is 0 Å². The van der Waals surface area contributed by atoms with Crippen LogP contribution in [0.4, 0.5) is 34.1 Å². The predicted molar refractivity (Wildman–Crippen MR) is 252 cm³/mol. The molecule has 0 saturated carbocycles. The van der Waals surface area contributed by atoms with Crippen LogP contribution >= 0.6 is 22.7 Å². The monoisotopic (exact) mass is 776 g/mol. The third kappa shape index (κ3) is 6.20. The SMILES string of the molecule is c1ccc(N(c2ccc(-c3cccc(-c4ccc(N(c5ccccc5)c5ccc6sc7ccccc7c6c5)cc4)c3)cc2)c2ccc3sc4ccccc4c3c2)cc1. The maximum absolute atomic E-state index is 2.35. The van der Waals surface area contributed by atoms with E-state index in [1.165, 1.54) is 62.6 Å². The smallest absolute Gasteiger partial charge is 0.0468 e. The summed E-state index contributed by atoms with van der Waals surface area (Å²) >= 11 is 3.71. The van der Waals surface area contributed by atoms with Crippen LogP contribution in [-0.4, -0.2) is 0 Å². The van der Waals surface area contributed by atoms with Crippen LogP contribution in [0.25, 0.3) is 62.6 Å². The van der Waals surface area contributed by atoms with E-state index in [1.54, 1.807) is 0 Å². The van der Waals surface area contributed by atoms with Gasteiger partial charge < -0.3 is 9.80 Å². The molecule has 274 valence electrons. The fourth-order valence-corrected chi connectivity index (χ4v) is 10.4. The molecule has 0 atom stereocenters. The molecule has 0 unspecified atom stereocenters. The van der Waals surface area contributed by atoms with E-state index in [2.05, 4.69) is 228 Å². The Morgan fingerprint density at radius 3 is 1.03 bits per heavy atom. The van der Waals surface area contributed by atoms with E-state index in [0.29, 0.717) is 0 Å². The Balaban J connectivity index is 0.908. The minimum absolute atomic E-state index is 1.12. The van der Waals surface area contributed by atoms with Crippen molar-refractivity contribution >= 4 is 97.1 Å². The maximum atomic E-state index is 2.35. The molecule has 2 nitrogen and oxygen atoms in total. The Kier molecular flexibility index (Phi) is 8.58. The van der Waals surface area contributed by atoms with Gasteiger partial charge in [-0.25, -0.2) is 0 Å². The van der Waals surface area contributed by atoms with Crippen LogP contribution in [-0.2, 0) is 0 Å². The first-order chi connectivity index (χ1) is 28.7. The van der Waals surface area contributed by atoms with Crippen molar-refractivity contribution < 1.29 is 0 Å². The first kappa shape index (κ1) is 34.3. The highest BCUT2D eigenvalue weighted by atomic mass is 32.1. The third-order valence-electron chi connectivity index (χ3n) is 11.0. The van der Waals surface area contributed by atoms with E-state index in [-0.39, 0.29) is 0 Å². The van der Waals surface area contributed by atoms with Crippen LogP contribution in [0.2, 0.25) is 0 Å². The summed E-state index contributed by atoms with van der Waals surface area (Å²) in [4.78, 5) is 4.71. The fraction of sp³-hybridized carbons (Fsp3) is 0. The Morgan fingerprint density at radius 1 is 0.224 bits per heavy atom. The lowest BCUT2D eigenvalue weighted by Crippen LogP contribution is -2.09. The zero-order valence-electron chi connectivity index (χ0n) is 31.5. The highest BCUT2D eigenvalue weighted by Crippen LogP contribution is 2.43. The molecule has 0 spiro atoms. The first-order valence-corrected chi connectivity index (χ1v) is 21.2. The molecule has 0 radical (unpaired) electrons. The molecule has 0 fully saturated rings. The number of rotatable bonds is 8. The topological polar surface area (TPSA) is 6.48 Å². The normalized spacial score (nSPS) is 11.4. The molecular weight excluding hydrogens is 741 g/mol. The van der Waals surface area contributed by atoms with E-state index in [0.717, 1.165) is 34.1 Å². The third-order valence-corrected chi connectivity index (χ3v) is 13.3. The average Bonchev–Trinajstić information content (AvgIpc) is 3.86. The minimum atomic E-state index is 1.12. The molecule has 0 aliphatic rings. The van der Waals surface area contributed by atoms with E-state index in [4.69, 9.17) is 0 Å². The number of fused-ring (bicyclic) bond motifs is 6. The second kappa shape index (κ2) is 14.5. The number of anilines is 6. The number of thiophene rings is 2. The van der Waals surface area contributed by atoms with Crippen LogP contribution in [0.3, 0.4) is 0 Å². The van der Waals surface area contributed by atoms with E-state index < -0.39 is 0 Å². The molecule has 9 aromatic carbocycles. The van der Waals surface area contributed by atoms with E-state index in [9.17, 15) is 0 Å². The lowest BCUT2D eigenvalue weighted by molar-refractivity contribution is 1.29. The molecule has 0 N–H and O–H groups in total. The van der Waals surface area contributed by atoms with Crippen molar-refractivity contribution in [3.63, 3.8) is 0 Å². The summed E-state index contributed by atoms with van der Waals surface area (Å²) < 4.78 is 5.25. The standard InChI is InChI=1S/C54H36N2S2/c1-3-14-41(15-4-1)55(45-30-32-53-49(35-45)47-18-7-9-20-51(47)57-53)43-26-22-37(23-27-43)39-12-11-13-40(34-39)38-24-28-44(29-25-38)56(42-16-5-2-6-17-42)46-31-33-54-50(36-46)48-19-8-10-21-52(48)58-54/h1-36H. The van der Waals surface area contributed by atoms with Gasteiger partial charge in [0.2, 0.25) is 0 Å². The summed E-state index contributed by atoms with van der Waals surface area (Å²) in [5, 5.41) is 5.20. The van der Waals surface area contributed by atoms with Crippen molar-refractivity contribution in [2.45, 2.75) is 0 Å². The molecule has 11 rings (SSSR count). The second-order valence-corrected chi connectivity index (χ2v) is 16.7. The number of nitrogens with zero attached hydrogens (tertiary/aromatic N) is 2. The number of hydrogen-bond donors (Lipinski definition) is 0. The molecular formula is C54H36N2S2. The van der Waals surface area contributed by atoms with Gasteiger partial charge in [-0.05, 0) is 125 Å². The van der Waals surface area contributed by atoms with Gasteiger partial charge in [-0.15, -0.1) is 22.7 Å². The average molecular weight is 777 g/mol. The fourth-order valence-electron chi connectivity index (χ4n) is 8.24. The molecule has 2 aromatic heterocycles. The van der Waals surface area contributed by atoms with E-state index >= 15 is 0 Å². The van der Waals surface area contributed by atoms with Gasteiger partial charge in [0.05, 0.1) is 0 Å². The van der Waals surface area contributed by atoms with Gasteiger partial charge in [-0.2, -0.15) is 0 Å². The van der Waals surface area contributed by atoms with Gasteiger partial charge in [0, 0.05) is 74.5 Å². The zero-order valence-corrected chi connectivity index (χ0v) is 33.1. The number of benzene rings is 9. The van der Waals surface area contributed by atoms with Crippen molar-refractivity contribution in [1.29, 1.82) is 0 Å². The van der Waals surface area contributed by atoms with Crippen LogP contribution in [0.1, 0.15) is 0 Å². The molecule has 4 heteroatoms. The molecule has 11 aromatic rings. The van der Waals surface area contributed by atoms with E-state index in [1.807, 2.05) is 22.7 Å². The number of hydrogen-bond acceptors (Lipinski definition) is 4. The largest absolute Gasteiger partial charge is 0.310 e. The van der Waals surface area contributed by atoms with Crippen LogP contribution in [0, 0.1) is 0 Å². The van der Waals surface area contributed by atoms with Crippen LogP contribution in [0.15, 0.2) is 218 Å². The van der Waals surface area contributed by atoms with Crippen molar-refractivity contribution in [3.8, 4) is 22.3 Å². The highest BCUT2D eigenvalue weighted by Gasteiger charge is 2.17. The summed E-state index contributed by atoms with van der Waals surface area (Å²) in [5.41, 5.74) is 11.5. The molecule has 0 amide bonds. The Bertz CT molecular complexity index is 3000. The summed E-state index contributed by atoms with van der Waals surface area (Å²) in [6, 6.07) is 79.3. The zero-order chi connectivity index (χ0) is 38.4. The van der Waals surface area contributed by atoms with Crippen molar-refractivity contribution in [3.05, 3.63) is 218 Å². The Hall–Kier alpha value is -6.98. The second-order valence-electron chi connectivity index (χ2n) is 14.6. The van der Waals surface area contributed by atoms with Crippen LogP contribution in [0.5, 0.6) is 0 Å². The summed E-state index contributed by atoms with van der Waals surface area (Å²) in [6.45, 7) is 0. The summed E-state index contributed by atoms with van der Waals surface area (Å²) in [5.74, 6) is 0. The molecule has 0 bridgehead atoms. The molecule has 0 aliphatic carbocycles. The van der Waals surface area contributed by atoms with Gasteiger partial charge in [0.1, 0.15) is 0 Å². The maximum Gasteiger partial charge on any atom is 0.0468 e. The Morgan fingerprint density at radius 2 is 0.586 bits per heavy atom. The van der Waals surface area contributed by atoms with Gasteiger partial charge in [0.25, 0.3) is 0 Å². The molecule has 2 heterocycles. The quantitative estimate of drug-likeness (QED) is 0.152. The van der Waals surface area contributed by atoms with Gasteiger partial charge >= 0.3 is 0 Å².